The molecule has 1 N–H and O–H groups in total. The molecule has 0 radical (unpaired) electrons. The molecule has 1 aromatic carbocycles. The number of alkyl halides is 3. The molecule has 0 atom stereocenters. The van der Waals surface area contributed by atoms with Crippen LogP contribution >= 0.6 is 11.6 Å². The van der Waals surface area contributed by atoms with E-state index in [2.05, 4.69) is 21.8 Å². The van der Waals surface area contributed by atoms with Crippen molar-refractivity contribution in [3.8, 4) is 11.8 Å². The highest BCUT2D eigenvalue weighted by atomic mass is 35.5. The number of amides is 1. The van der Waals surface area contributed by atoms with Crippen LogP contribution in [0.1, 0.15) is 16.8 Å². The largest absolute Gasteiger partial charge is 0.471 e. The monoisotopic (exact) mass is 339 g/mol. The number of nitrogens with one attached hydrogen (secondary N) is 1. The standard InChI is InChI=1S/C15H9ClF3N3O/c1-9-2-3-10(4-5-11-6-7-20-14(16)21-11)8-12(9)22-13(23)15(17,18)19/h2-3,6-8H,1H3,(H,22,23). The average molecular weight is 340 g/mol. The lowest BCUT2D eigenvalue weighted by molar-refractivity contribution is -0.167. The summed E-state index contributed by atoms with van der Waals surface area (Å²) >= 11 is 5.63. The van der Waals surface area contributed by atoms with E-state index in [1.54, 1.807) is 25.1 Å². The molecule has 0 fully saturated rings. The maximum Gasteiger partial charge on any atom is 0.471 e. The van der Waals surface area contributed by atoms with Gasteiger partial charge in [-0.2, -0.15) is 13.2 Å². The molecule has 0 aliphatic heterocycles. The van der Waals surface area contributed by atoms with Gasteiger partial charge in [0.25, 0.3) is 0 Å². The van der Waals surface area contributed by atoms with Crippen molar-refractivity contribution in [2.75, 3.05) is 5.32 Å². The van der Waals surface area contributed by atoms with Gasteiger partial charge in [-0.15, -0.1) is 0 Å². The van der Waals surface area contributed by atoms with Gasteiger partial charge in [0.2, 0.25) is 5.28 Å². The van der Waals surface area contributed by atoms with E-state index in [0.717, 1.165) is 0 Å². The zero-order valence-electron chi connectivity index (χ0n) is 11.7. The van der Waals surface area contributed by atoms with Gasteiger partial charge >= 0.3 is 12.1 Å². The minimum absolute atomic E-state index is 0.0406. The van der Waals surface area contributed by atoms with Crippen LogP contribution in [0.2, 0.25) is 5.28 Å². The van der Waals surface area contributed by atoms with Crippen LogP contribution in [0.4, 0.5) is 18.9 Å². The van der Waals surface area contributed by atoms with Gasteiger partial charge in [0.05, 0.1) is 0 Å². The Labute approximate surface area is 134 Å². The zero-order valence-corrected chi connectivity index (χ0v) is 12.5. The van der Waals surface area contributed by atoms with Crippen molar-refractivity contribution in [3.63, 3.8) is 0 Å². The van der Waals surface area contributed by atoms with Crippen LogP contribution in [0.5, 0.6) is 0 Å². The van der Waals surface area contributed by atoms with Crippen LogP contribution in [-0.4, -0.2) is 22.1 Å². The van der Waals surface area contributed by atoms with Gasteiger partial charge in [-0.1, -0.05) is 12.0 Å². The smallest absolute Gasteiger partial charge is 0.318 e. The number of carbonyl (C=O) groups excluding carboxylic acids is 1. The van der Waals surface area contributed by atoms with Gasteiger partial charge in [-0.25, -0.2) is 9.97 Å². The topological polar surface area (TPSA) is 54.9 Å². The molecule has 1 amide bonds. The lowest BCUT2D eigenvalue weighted by Gasteiger charge is -2.10. The molecule has 0 aliphatic carbocycles. The average Bonchev–Trinajstić information content (AvgIpc) is 2.47. The lowest BCUT2D eigenvalue weighted by atomic mass is 10.1. The molecule has 0 bridgehead atoms. The second-order valence-electron chi connectivity index (χ2n) is 4.44. The Morgan fingerprint density at radius 1 is 1.26 bits per heavy atom. The molecule has 23 heavy (non-hydrogen) atoms. The normalized spacial score (nSPS) is 10.7. The summed E-state index contributed by atoms with van der Waals surface area (Å²) < 4.78 is 36.9. The number of nitrogens with zero attached hydrogens (tertiary/aromatic N) is 2. The molecule has 0 unspecified atom stereocenters. The van der Waals surface area contributed by atoms with Crippen LogP contribution in [0, 0.1) is 18.8 Å². The molecule has 2 aromatic rings. The molecule has 0 spiro atoms. The van der Waals surface area contributed by atoms with E-state index in [1.165, 1.54) is 12.3 Å². The molecule has 0 aliphatic rings. The van der Waals surface area contributed by atoms with Crippen molar-refractivity contribution in [1.82, 2.24) is 9.97 Å². The van der Waals surface area contributed by atoms with Crippen molar-refractivity contribution in [3.05, 3.63) is 52.6 Å². The first-order chi connectivity index (χ1) is 10.8. The molecule has 2 rings (SSSR count). The molecule has 0 saturated heterocycles. The first-order valence-corrected chi connectivity index (χ1v) is 6.63. The van der Waals surface area contributed by atoms with Crippen LogP contribution in [0.3, 0.4) is 0 Å². The summed E-state index contributed by atoms with van der Waals surface area (Å²) in [5.41, 5.74) is 1.31. The third-order valence-electron chi connectivity index (χ3n) is 2.70. The second-order valence-corrected chi connectivity index (χ2v) is 4.78. The number of hydrogen-bond acceptors (Lipinski definition) is 3. The van der Waals surface area contributed by atoms with Crippen LogP contribution < -0.4 is 5.32 Å². The third kappa shape index (κ3) is 4.69. The molecule has 1 aromatic heterocycles. The highest BCUT2D eigenvalue weighted by Gasteiger charge is 2.38. The van der Waals surface area contributed by atoms with Gasteiger partial charge in [0.1, 0.15) is 5.69 Å². The number of carbonyl (C=O) groups is 1. The fourth-order valence-corrected chi connectivity index (χ4v) is 1.72. The first-order valence-electron chi connectivity index (χ1n) is 6.25. The Bertz CT molecular complexity index is 810. The van der Waals surface area contributed by atoms with Crippen LogP contribution in [-0.2, 0) is 4.79 Å². The summed E-state index contributed by atoms with van der Waals surface area (Å²) in [5.74, 6) is 3.41. The summed E-state index contributed by atoms with van der Waals surface area (Å²) in [6.45, 7) is 1.58. The molecule has 1 heterocycles. The fourth-order valence-electron chi connectivity index (χ4n) is 1.57. The molecule has 0 saturated carbocycles. The van der Waals surface area contributed by atoms with Crippen molar-refractivity contribution in [1.29, 1.82) is 0 Å². The number of anilines is 1. The van der Waals surface area contributed by atoms with Crippen molar-refractivity contribution >= 4 is 23.2 Å². The SMILES string of the molecule is Cc1ccc(C#Cc2ccnc(Cl)n2)cc1NC(=O)C(F)(F)F. The zero-order chi connectivity index (χ0) is 17.0. The van der Waals surface area contributed by atoms with E-state index in [1.807, 2.05) is 5.32 Å². The van der Waals surface area contributed by atoms with E-state index in [9.17, 15) is 18.0 Å². The van der Waals surface area contributed by atoms with E-state index < -0.39 is 12.1 Å². The quantitative estimate of drug-likeness (QED) is 0.640. The summed E-state index contributed by atoms with van der Waals surface area (Å²) in [4.78, 5) is 18.6. The highest BCUT2D eigenvalue weighted by molar-refractivity contribution is 6.28. The Morgan fingerprint density at radius 3 is 2.65 bits per heavy atom. The number of hydrogen-bond donors (Lipinski definition) is 1. The number of aromatic nitrogens is 2. The fraction of sp³-hybridized carbons (Fsp3) is 0.133. The lowest BCUT2D eigenvalue weighted by Crippen LogP contribution is -2.30. The van der Waals surface area contributed by atoms with Crippen molar-refractivity contribution in [2.24, 2.45) is 0 Å². The number of benzene rings is 1. The maximum absolute atomic E-state index is 12.3. The van der Waals surface area contributed by atoms with Crippen LogP contribution in [0.25, 0.3) is 0 Å². The van der Waals surface area contributed by atoms with Gasteiger partial charge in [0, 0.05) is 17.4 Å². The summed E-state index contributed by atoms with van der Waals surface area (Å²) in [7, 11) is 0. The van der Waals surface area contributed by atoms with Gasteiger partial charge in [0.15, 0.2) is 0 Å². The Morgan fingerprint density at radius 2 is 2.00 bits per heavy atom. The minimum Gasteiger partial charge on any atom is -0.318 e. The predicted octanol–water partition coefficient (Wildman–Crippen LogP) is 3.34. The van der Waals surface area contributed by atoms with Crippen molar-refractivity contribution in [2.45, 2.75) is 13.1 Å². The first kappa shape index (κ1) is 16.8. The molecular weight excluding hydrogens is 331 g/mol. The van der Waals surface area contributed by atoms with Crippen LogP contribution in [0.15, 0.2) is 30.5 Å². The van der Waals surface area contributed by atoms with Gasteiger partial charge in [-0.3, -0.25) is 4.79 Å². The minimum atomic E-state index is -4.95. The third-order valence-corrected chi connectivity index (χ3v) is 2.89. The molecular formula is C15H9ClF3N3O. The molecule has 8 heteroatoms. The summed E-state index contributed by atoms with van der Waals surface area (Å²) in [6.07, 6.45) is -3.52. The van der Waals surface area contributed by atoms with Gasteiger partial charge in [-0.05, 0) is 48.2 Å². The summed E-state index contributed by atoms with van der Waals surface area (Å²) in [5, 5.41) is 1.86. The summed E-state index contributed by atoms with van der Waals surface area (Å²) in [6, 6.07) is 6.07. The number of aryl methyl sites for hydroxylation is 1. The predicted molar refractivity (Wildman–Crippen MR) is 78.9 cm³/mol. The van der Waals surface area contributed by atoms with Gasteiger partial charge < -0.3 is 5.32 Å². The van der Waals surface area contributed by atoms with Crippen molar-refractivity contribution < 1.29 is 18.0 Å². The van der Waals surface area contributed by atoms with E-state index in [-0.39, 0.29) is 11.0 Å². The Hall–Kier alpha value is -2.59. The number of rotatable bonds is 1. The Kier molecular flexibility index (Phi) is 4.86. The van der Waals surface area contributed by atoms with E-state index >= 15 is 0 Å². The molecule has 4 nitrogen and oxygen atoms in total. The second kappa shape index (κ2) is 6.67. The molecule has 118 valence electrons. The highest BCUT2D eigenvalue weighted by Crippen LogP contribution is 2.21. The van der Waals surface area contributed by atoms with E-state index in [4.69, 9.17) is 11.6 Å². The Balaban J connectivity index is 2.26. The number of halogens is 4. The van der Waals surface area contributed by atoms with E-state index in [0.29, 0.717) is 16.8 Å². The maximum atomic E-state index is 12.3.